The summed E-state index contributed by atoms with van der Waals surface area (Å²) in [4.78, 5) is 4.11. The number of nitrogens with two attached hydrogens (primary N) is 1. The third-order valence-corrected chi connectivity index (χ3v) is 3.79. The van der Waals surface area contributed by atoms with Gasteiger partial charge in [-0.3, -0.25) is 4.99 Å². The molecule has 1 atom stereocenters. The third-order valence-electron chi connectivity index (χ3n) is 3.07. The average molecular weight is 441 g/mol. The van der Waals surface area contributed by atoms with Gasteiger partial charge in [0.1, 0.15) is 24.2 Å². The molecule has 4 N–H and O–H groups in total. The molecule has 2 aromatic carbocycles. The van der Waals surface area contributed by atoms with Gasteiger partial charge < -0.3 is 25.6 Å². The topological polar surface area (TPSA) is 89.1 Å². The standard InChI is InChI=1S/C17H20IN3O3/c1-23-16-4-2-3-13(9-16)21-17(19)20-10-14(22)11-24-15-7-5-12(18)6-8-15/h2-9,14,22H,10-11H2,1H3,(H3,19,20,21). The highest BCUT2D eigenvalue weighted by Crippen LogP contribution is 2.16. The van der Waals surface area contributed by atoms with E-state index in [1.165, 1.54) is 0 Å². The Hall–Kier alpha value is -2.00. The van der Waals surface area contributed by atoms with E-state index >= 15 is 0 Å². The number of aliphatic hydroxyl groups excluding tert-OH is 1. The van der Waals surface area contributed by atoms with Crippen LogP contribution in [0.15, 0.2) is 53.5 Å². The summed E-state index contributed by atoms with van der Waals surface area (Å²) < 4.78 is 11.8. The van der Waals surface area contributed by atoms with Crippen molar-refractivity contribution in [3.8, 4) is 11.5 Å². The van der Waals surface area contributed by atoms with Crippen molar-refractivity contribution in [2.24, 2.45) is 10.7 Å². The molecule has 128 valence electrons. The summed E-state index contributed by atoms with van der Waals surface area (Å²) in [5.74, 6) is 1.65. The second-order valence-electron chi connectivity index (χ2n) is 5.00. The first-order chi connectivity index (χ1) is 11.6. The molecule has 0 aliphatic rings. The van der Waals surface area contributed by atoms with Gasteiger partial charge in [-0.15, -0.1) is 0 Å². The highest BCUT2D eigenvalue weighted by atomic mass is 127. The zero-order valence-electron chi connectivity index (χ0n) is 13.3. The minimum atomic E-state index is -0.741. The van der Waals surface area contributed by atoms with Crippen LogP contribution in [0.4, 0.5) is 5.69 Å². The van der Waals surface area contributed by atoms with Crippen LogP contribution in [0, 0.1) is 3.57 Å². The fourth-order valence-corrected chi connectivity index (χ4v) is 2.23. The normalized spacial score (nSPS) is 12.5. The summed E-state index contributed by atoms with van der Waals surface area (Å²) in [7, 11) is 1.60. The maximum atomic E-state index is 9.93. The summed E-state index contributed by atoms with van der Waals surface area (Å²) in [5.41, 5.74) is 6.58. The molecular weight excluding hydrogens is 421 g/mol. The van der Waals surface area contributed by atoms with Gasteiger partial charge in [0.2, 0.25) is 0 Å². The van der Waals surface area contributed by atoms with Gasteiger partial charge in [-0.1, -0.05) is 6.07 Å². The molecule has 0 aliphatic heterocycles. The molecule has 0 aliphatic carbocycles. The van der Waals surface area contributed by atoms with Gasteiger partial charge in [0, 0.05) is 15.3 Å². The lowest BCUT2D eigenvalue weighted by molar-refractivity contribution is 0.114. The lowest BCUT2D eigenvalue weighted by Gasteiger charge is -2.11. The first-order valence-electron chi connectivity index (χ1n) is 7.34. The zero-order valence-corrected chi connectivity index (χ0v) is 15.4. The quantitative estimate of drug-likeness (QED) is 0.349. The van der Waals surface area contributed by atoms with Crippen LogP contribution in [-0.4, -0.2) is 37.4 Å². The number of aliphatic hydroxyl groups is 1. The number of ether oxygens (including phenoxy) is 2. The summed E-state index contributed by atoms with van der Waals surface area (Å²) in [6.07, 6.45) is -0.741. The molecular formula is C17H20IN3O3. The van der Waals surface area contributed by atoms with Crippen molar-refractivity contribution in [2.75, 3.05) is 25.6 Å². The fourth-order valence-electron chi connectivity index (χ4n) is 1.87. The van der Waals surface area contributed by atoms with Crippen LogP contribution < -0.4 is 20.5 Å². The molecule has 2 rings (SSSR count). The van der Waals surface area contributed by atoms with Gasteiger partial charge in [-0.25, -0.2) is 0 Å². The smallest absolute Gasteiger partial charge is 0.193 e. The van der Waals surface area contributed by atoms with E-state index in [1.54, 1.807) is 13.2 Å². The monoisotopic (exact) mass is 441 g/mol. The number of aliphatic imine (C=N–C) groups is 1. The molecule has 0 spiro atoms. The van der Waals surface area contributed by atoms with Gasteiger partial charge >= 0.3 is 0 Å². The van der Waals surface area contributed by atoms with Crippen LogP contribution >= 0.6 is 22.6 Å². The molecule has 0 saturated carbocycles. The van der Waals surface area contributed by atoms with Crippen LogP contribution in [-0.2, 0) is 0 Å². The molecule has 0 amide bonds. The molecule has 6 nitrogen and oxygen atoms in total. The SMILES string of the molecule is COc1cccc(NC(N)=NCC(O)COc2ccc(I)cc2)c1. The minimum absolute atomic E-state index is 0.146. The molecule has 0 bridgehead atoms. The molecule has 1 unspecified atom stereocenters. The van der Waals surface area contributed by atoms with Gasteiger partial charge in [0.25, 0.3) is 0 Å². The molecule has 7 heteroatoms. The van der Waals surface area contributed by atoms with Gasteiger partial charge in [-0.2, -0.15) is 0 Å². The molecule has 0 aromatic heterocycles. The Balaban J connectivity index is 1.79. The predicted molar refractivity (Wildman–Crippen MR) is 104 cm³/mol. The first kappa shape index (κ1) is 18.3. The lowest BCUT2D eigenvalue weighted by Crippen LogP contribution is -2.27. The predicted octanol–water partition coefficient (Wildman–Crippen LogP) is 2.47. The summed E-state index contributed by atoms with van der Waals surface area (Å²) in [5, 5.41) is 12.9. The summed E-state index contributed by atoms with van der Waals surface area (Å²) >= 11 is 2.22. The van der Waals surface area contributed by atoms with Gasteiger partial charge in [0.05, 0.1) is 13.7 Å². The Morgan fingerprint density at radius 1 is 1.25 bits per heavy atom. The number of hydrogen-bond donors (Lipinski definition) is 3. The Morgan fingerprint density at radius 2 is 2.00 bits per heavy atom. The van der Waals surface area contributed by atoms with Crippen LogP contribution in [0.2, 0.25) is 0 Å². The minimum Gasteiger partial charge on any atom is -0.497 e. The number of halogens is 1. The van der Waals surface area contributed by atoms with Crippen molar-refractivity contribution in [3.05, 3.63) is 52.1 Å². The van der Waals surface area contributed by atoms with Crippen molar-refractivity contribution in [2.45, 2.75) is 6.10 Å². The van der Waals surface area contributed by atoms with Crippen molar-refractivity contribution in [3.63, 3.8) is 0 Å². The van der Waals surface area contributed by atoms with E-state index in [-0.39, 0.29) is 19.1 Å². The van der Waals surface area contributed by atoms with Crippen LogP contribution in [0.3, 0.4) is 0 Å². The van der Waals surface area contributed by atoms with E-state index in [2.05, 4.69) is 32.9 Å². The van der Waals surface area contributed by atoms with Crippen LogP contribution in [0.1, 0.15) is 0 Å². The number of nitrogens with zero attached hydrogens (tertiary/aromatic N) is 1. The Kier molecular flexibility index (Phi) is 7.13. The molecule has 24 heavy (non-hydrogen) atoms. The highest BCUT2D eigenvalue weighted by Gasteiger charge is 2.05. The van der Waals surface area contributed by atoms with Crippen molar-refractivity contribution < 1.29 is 14.6 Å². The number of benzene rings is 2. The van der Waals surface area contributed by atoms with E-state index in [0.29, 0.717) is 5.75 Å². The zero-order chi connectivity index (χ0) is 17.4. The number of methoxy groups -OCH3 is 1. The summed E-state index contributed by atoms with van der Waals surface area (Å²) in [6.45, 7) is 0.295. The Bertz CT molecular complexity index is 677. The van der Waals surface area contributed by atoms with Gasteiger partial charge in [0.15, 0.2) is 5.96 Å². The fraction of sp³-hybridized carbons (Fsp3) is 0.235. The lowest BCUT2D eigenvalue weighted by atomic mass is 10.3. The molecule has 0 radical (unpaired) electrons. The maximum Gasteiger partial charge on any atom is 0.193 e. The van der Waals surface area contributed by atoms with E-state index in [4.69, 9.17) is 15.2 Å². The maximum absolute atomic E-state index is 9.93. The summed E-state index contributed by atoms with van der Waals surface area (Å²) in [6, 6.07) is 14.9. The first-order valence-corrected chi connectivity index (χ1v) is 8.42. The van der Waals surface area contributed by atoms with Crippen molar-refractivity contribution in [1.82, 2.24) is 0 Å². The average Bonchev–Trinajstić information content (AvgIpc) is 2.59. The van der Waals surface area contributed by atoms with E-state index in [1.807, 2.05) is 42.5 Å². The molecule has 0 saturated heterocycles. The Morgan fingerprint density at radius 3 is 2.71 bits per heavy atom. The molecule has 0 heterocycles. The third kappa shape index (κ3) is 6.25. The number of hydrogen-bond acceptors (Lipinski definition) is 4. The van der Waals surface area contributed by atoms with Crippen LogP contribution in [0.5, 0.6) is 11.5 Å². The second-order valence-corrected chi connectivity index (χ2v) is 6.25. The highest BCUT2D eigenvalue weighted by molar-refractivity contribution is 14.1. The van der Waals surface area contributed by atoms with Crippen LogP contribution in [0.25, 0.3) is 0 Å². The number of rotatable bonds is 7. The number of anilines is 1. The molecule has 0 fully saturated rings. The van der Waals surface area contributed by atoms with E-state index < -0.39 is 6.10 Å². The largest absolute Gasteiger partial charge is 0.497 e. The van der Waals surface area contributed by atoms with E-state index in [0.717, 1.165) is 15.0 Å². The number of guanidine groups is 1. The van der Waals surface area contributed by atoms with E-state index in [9.17, 15) is 5.11 Å². The molecule has 2 aromatic rings. The Labute approximate surface area is 154 Å². The van der Waals surface area contributed by atoms with Gasteiger partial charge in [-0.05, 0) is 59.0 Å². The number of nitrogens with one attached hydrogen (secondary N) is 1. The van der Waals surface area contributed by atoms with Crippen molar-refractivity contribution in [1.29, 1.82) is 0 Å². The van der Waals surface area contributed by atoms with Crippen molar-refractivity contribution >= 4 is 34.2 Å². The second kappa shape index (κ2) is 9.33.